The van der Waals surface area contributed by atoms with Gasteiger partial charge in [0.05, 0.1) is 11.3 Å². The number of carbonyl (C=O) groups excluding carboxylic acids is 1. The van der Waals surface area contributed by atoms with Gasteiger partial charge in [0.15, 0.2) is 17.3 Å². The van der Waals surface area contributed by atoms with Crippen LogP contribution in [-0.4, -0.2) is 77.2 Å². The number of nitrogens with two attached hydrogens (primary N) is 1. The third-order valence-electron chi connectivity index (χ3n) is 8.00. The van der Waals surface area contributed by atoms with Crippen LogP contribution in [0.5, 0.6) is 0 Å². The van der Waals surface area contributed by atoms with Crippen LogP contribution in [0.25, 0.3) is 11.4 Å². The molecule has 2 saturated heterocycles. The van der Waals surface area contributed by atoms with Crippen molar-refractivity contribution < 1.29 is 9.53 Å². The number of nitrogens with zero attached hydrogens (tertiary/aromatic N) is 5. The molecule has 0 bridgehead atoms. The number of rotatable bonds is 7. The quantitative estimate of drug-likeness (QED) is 0.422. The van der Waals surface area contributed by atoms with Crippen LogP contribution in [0, 0.1) is 6.92 Å². The van der Waals surface area contributed by atoms with E-state index in [0.29, 0.717) is 29.6 Å². The van der Waals surface area contributed by atoms with Crippen LogP contribution in [0.2, 0.25) is 0 Å². The fraction of sp³-hybridized carbons (Fsp3) is 0.448. The van der Waals surface area contributed by atoms with Crippen molar-refractivity contribution in [2.24, 2.45) is 5.73 Å². The van der Waals surface area contributed by atoms with Crippen LogP contribution >= 0.6 is 0 Å². The number of aryl methyl sites for hydroxylation is 1. The molecule has 3 fully saturated rings. The van der Waals surface area contributed by atoms with Gasteiger partial charge in [-0.15, -0.1) is 0 Å². The summed E-state index contributed by atoms with van der Waals surface area (Å²) in [5.41, 5.74) is 10.0. The van der Waals surface area contributed by atoms with Gasteiger partial charge in [0.1, 0.15) is 5.69 Å². The molecule has 1 aliphatic carbocycles. The summed E-state index contributed by atoms with van der Waals surface area (Å²) in [6.45, 7) is 6.77. The first-order chi connectivity index (χ1) is 18.9. The number of nitrogens with one attached hydrogen (secondary N) is 2. The average molecular weight is 529 g/mol. The number of hydrogen-bond acceptors (Lipinski definition) is 9. The van der Waals surface area contributed by atoms with Gasteiger partial charge in [-0.25, -0.2) is 9.97 Å². The van der Waals surface area contributed by atoms with Crippen molar-refractivity contribution in [1.82, 2.24) is 19.9 Å². The second-order valence-corrected chi connectivity index (χ2v) is 11.0. The lowest BCUT2D eigenvalue weighted by atomic mass is 10.0. The van der Waals surface area contributed by atoms with E-state index >= 15 is 0 Å². The fourth-order valence-corrected chi connectivity index (χ4v) is 5.48. The molecule has 1 unspecified atom stereocenters. The summed E-state index contributed by atoms with van der Waals surface area (Å²) in [5, 5.41) is 6.93. The molecule has 10 nitrogen and oxygen atoms in total. The van der Waals surface area contributed by atoms with Crippen LogP contribution in [0.4, 0.5) is 23.0 Å². The average Bonchev–Trinajstić information content (AvgIpc) is 3.68. The van der Waals surface area contributed by atoms with Crippen molar-refractivity contribution in [2.75, 3.05) is 55.4 Å². The van der Waals surface area contributed by atoms with E-state index in [4.69, 9.17) is 20.4 Å². The summed E-state index contributed by atoms with van der Waals surface area (Å²) < 4.78 is 6.02. The van der Waals surface area contributed by atoms with Crippen molar-refractivity contribution in [3.8, 4) is 11.4 Å². The number of piperazine rings is 1. The van der Waals surface area contributed by atoms with Gasteiger partial charge >= 0.3 is 0 Å². The Bertz CT molecular complexity index is 1350. The van der Waals surface area contributed by atoms with Gasteiger partial charge in [0, 0.05) is 56.4 Å². The van der Waals surface area contributed by atoms with Gasteiger partial charge < -0.3 is 30.9 Å². The van der Waals surface area contributed by atoms with Crippen molar-refractivity contribution >= 4 is 28.9 Å². The molecule has 6 rings (SSSR count). The maximum absolute atomic E-state index is 12.6. The molecule has 2 aliphatic heterocycles. The van der Waals surface area contributed by atoms with E-state index in [1.807, 2.05) is 31.2 Å². The third-order valence-corrected chi connectivity index (χ3v) is 8.00. The van der Waals surface area contributed by atoms with Crippen molar-refractivity contribution in [1.29, 1.82) is 0 Å². The van der Waals surface area contributed by atoms with E-state index in [-0.39, 0.29) is 17.3 Å². The van der Waals surface area contributed by atoms with Gasteiger partial charge in [0.2, 0.25) is 0 Å². The highest BCUT2D eigenvalue weighted by atomic mass is 16.5. The number of anilines is 4. The molecular weight excluding hydrogens is 492 g/mol. The predicted molar refractivity (Wildman–Crippen MR) is 153 cm³/mol. The Hall–Kier alpha value is -3.76. The molecule has 1 spiro atoms. The second kappa shape index (κ2) is 10.4. The number of amides is 1. The van der Waals surface area contributed by atoms with E-state index < -0.39 is 5.91 Å². The zero-order valence-electron chi connectivity index (χ0n) is 22.6. The number of benzene rings is 1. The lowest BCUT2D eigenvalue weighted by Gasteiger charge is -2.34. The van der Waals surface area contributed by atoms with Gasteiger partial charge in [-0.2, -0.15) is 0 Å². The zero-order chi connectivity index (χ0) is 27.0. The SMILES string of the molecule is Cc1cccnc1-c1nc(C(N)=O)c(Nc2ccc(N3CCN(C)CC3)cc2)nc1NC1CCOC2(CC2)C1. The zero-order valence-corrected chi connectivity index (χ0v) is 22.6. The first-order valence-electron chi connectivity index (χ1n) is 13.7. The lowest BCUT2D eigenvalue weighted by Crippen LogP contribution is -2.44. The Kier molecular flexibility index (Phi) is 6.82. The Morgan fingerprint density at radius 2 is 1.82 bits per heavy atom. The largest absolute Gasteiger partial charge is 0.375 e. The molecule has 1 amide bonds. The normalized spacial score (nSPS) is 20.6. The Morgan fingerprint density at radius 1 is 1.05 bits per heavy atom. The lowest BCUT2D eigenvalue weighted by molar-refractivity contribution is -0.00884. The summed E-state index contributed by atoms with van der Waals surface area (Å²) in [7, 11) is 2.15. The standard InChI is InChI=1S/C29H36N8O2/c1-19-4-3-12-31-23(19)24-27(33-21-9-17-39-29(18-21)10-11-29)35-28(25(34-24)26(30)38)32-20-5-7-22(8-6-20)37-15-13-36(2)14-16-37/h3-8,12,21H,9-11,13-18H2,1-2H3,(H2,30,38)(H2,32,33,35). The van der Waals surface area contributed by atoms with Crippen LogP contribution in [0.15, 0.2) is 42.6 Å². The Morgan fingerprint density at radius 3 is 2.51 bits per heavy atom. The highest BCUT2D eigenvalue weighted by Crippen LogP contribution is 2.47. The number of primary amides is 1. The van der Waals surface area contributed by atoms with E-state index in [1.54, 1.807) is 6.20 Å². The molecule has 2 aromatic heterocycles. The molecule has 204 valence electrons. The monoisotopic (exact) mass is 528 g/mol. The molecule has 1 saturated carbocycles. The molecule has 3 aromatic rings. The maximum atomic E-state index is 12.6. The topological polar surface area (TPSA) is 122 Å². The fourth-order valence-electron chi connectivity index (χ4n) is 5.48. The summed E-state index contributed by atoms with van der Waals surface area (Å²) in [4.78, 5) is 31.5. The summed E-state index contributed by atoms with van der Waals surface area (Å²) in [6.07, 6.45) is 5.71. The highest BCUT2D eigenvalue weighted by molar-refractivity contribution is 5.97. The first kappa shape index (κ1) is 25.5. The highest BCUT2D eigenvalue weighted by Gasteiger charge is 2.48. The molecular formula is C29H36N8O2. The van der Waals surface area contributed by atoms with Crippen molar-refractivity contribution in [2.45, 2.75) is 44.2 Å². The Balaban J connectivity index is 1.32. The van der Waals surface area contributed by atoms with Crippen molar-refractivity contribution in [3.05, 3.63) is 53.9 Å². The number of carbonyl (C=O) groups is 1. The second-order valence-electron chi connectivity index (χ2n) is 11.0. The number of aromatic nitrogens is 3. The van der Waals surface area contributed by atoms with E-state index in [9.17, 15) is 4.79 Å². The van der Waals surface area contributed by atoms with E-state index in [0.717, 1.165) is 63.1 Å². The smallest absolute Gasteiger partial charge is 0.271 e. The molecule has 4 N–H and O–H groups in total. The molecule has 3 aliphatic rings. The molecule has 4 heterocycles. The molecule has 0 radical (unpaired) electrons. The minimum atomic E-state index is -0.650. The molecule has 1 aromatic carbocycles. The summed E-state index contributed by atoms with van der Waals surface area (Å²) >= 11 is 0. The predicted octanol–water partition coefficient (Wildman–Crippen LogP) is 3.56. The third kappa shape index (κ3) is 5.53. The number of likely N-dealkylation sites (N-methyl/N-ethyl adjacent to an activating group) is 1. The van der Waals surface area contributed by atoms with Crippen LogP contribution in [0.3, 0.4) is 0 Å². The van der Waals surface area contributed by atoms with Crippen LogP contribution in [-0.2, 0) is 4.74 Å². The minimum absolute atomic E-state index is 0.00415. The van der Waals surface area contributed by atoms with E-state index in [2.05, 4.69) is 44.6 Å². The molecule has 10 heteroatoms. The van der Waals surface area contributed by atoms with Gasteiger partial charge in [-0.05, 0) is 75.5 Å². The summed E-state index contributed by atoms with van der Waals surface area (Å²) in [6, 6.07) is 12.2. The molecule has 39 heavy (non-hydrogen) atoms. The van der Waals surface area contributed by atoms with Gasteiger partial charge in [-0.1, -0.05) is 6.07 Å². The number of hydrogen-bond donors (Lipinski definition) is 3. The number of ether oxygens (including phenoxy) is 1. The van der Waals surface area contributed by atoms with Gasteiger partial charge in [0.25, 0.3) is 5.91 Å². The Labute approximate surface area is 229 Å². The molecule has 1 atom stereocenters. The summed E-state index contributed by atoms with van der Waals surface area (Å²) in [5.74, 6) is 0.257. The maximum Gasteiger partial charge on any atom is 0.271 e. The van der Waals surface area contributed by atoms with Crippen LogP contribution < -0.4 is 21.3 Å². The number of pyridine rings is 1. The van der Waals surface area contributed by atoms with Crippen LogP contribution in [0.1, 0.15) is 41.7 Å². The first-order valence-corrected chi connectivity index (χ1v) is 13.7. The van der Waals surface area contributed by atoms with Crippen molar-refractivity contribution in [3.63, 3.8) is 0 Å². The van der Waals surface area contributed by atoms with Gasteiger partial charge in [-0.3, -0.25) is 9.78 Å². The van der Waals surface area contributed by atoms with E-state index in [1.165, 1.54) is 5.69 Å². The minimum Gasteiger partial charge on any atom is -0.375 e.